The van der Waals surface area contributed by atoms with Crippen LogP contribution in [0, 0.1) is 5.41 Å². The fourth-order valence-corrected chi connectivity index (χ4v) is 2.49. The molecule has 0 saturated heterocycles. The summed E-state index contributed by atoms with van der Waals surface area (Å²) >= 11 is 1.50. The maximum absolute atomic E-state index is 11.2. The van der Waals surface area contributed by atoms with Gasteiger partial charge in [0.2, 0.25) is 0 Å². The van der Waals surface area contributed by atoms with E-state index in [1.165, 1.54) is 11.3 Å². The second-order valence-corrected chi connectivity index (χ2v) is 6.55. The number of aromatic carboxylic acids is 1. The molecule has 2 rings (SSSR count). The van der Waals surface area contributed by atoms with Crippen molar-refractivity contribution < 1.29 is 9.90 Å². The van der Waals surface area contributed by atoms with Crippen LogP contribution >= 0.6 is 11.3 Å². The fourth-order valence-electron chi connectivity index (χ4n) is 1.71. The number of aromatic nitrogens is 3. The summed E-state index contributed by atoms with van der Waals surface area (Å²) in [5, 5.41) is 18.9. The van der Waals surface area contributed by atoms with Gasteiger partial charge in [-0.05, 0) is 23.3 Å². The van der Waals surface area contributed by atoms with Crippen LogP contribution in [0.4, 0.5) is 0 Å². The summed E-state index contributed by atoms with van der Waals surface area (Å²) in [4.78, 5) is 12.1. The lowest BCUT2D eigenvalue weighted by Crippen LogP contribution is -2.12. The van der Waals surface area contributed by atoms with Crippen molar-refractivity contribution in [2.24, 2.45) is 5.41 Å². The van der Waals surface area contributed by atoms with E-state index in [-0.39, 0.29) is 11.1 Å². The standard InChI is InChI=1S/C13H17N3O2S/c1-13(2,3)6-7-16-11(9-5-4-8-19-9)10(12(17)18)14-15-16/h4-5,8H,6-7H2,1-3H3,(H,17,18). The minimum Gasteiger partial charge on any atom is -0.476 e. The van der Waals surface area contributed by atoms with Gasteiger partial charge in [-0.15, -0.1) is 16.4 Å². The van der Waals surface area contributed by atoms with E-state index in [0.717, 1.165) is 11.3 Å². The summed E-state index contributed by atoms with van der Waals surface area (Å²) in [5.41, 5.74) is 0.797. The van der Waals surface area contributed by atoms with Crippen molar-refractivity contribution in [1.29, 1.82) is 0 Å². The van der Waals surface area contributed by atoms with Crippen LogP contribution < -0.4 is 0 Å². The van der Waals surface area contributed by atoms with Crippen LogP contribution in [0.25, 0.3) is 10.6 Å². The Morgan fingerprint density at radius 1 is 1.47 bits per heavy atom. The highest BCUT2D eigenvalue weighted by molar-refractivity contribution is 7.13. The molecule has 0 spiro atoms. The van der Waals surface area contributed by atoms with Crippen molar-refractivity contribution in [2.75, 3.05) is 0 Å². The average molecular weight is 279 g/mol. The molecule has 0 aliphatic heterocycles. The maximum atomic E-state index is 11.2. The monoisotopic (exact) mass is 279 g/mol. The van der Waals surface area contributed by atoms with E-state index in [0.29, 0.717) is 12.2 Å². The minimum absolute atomic E-state index is 0.0244. The molecule has 0 saturated carbocycles. The first-order valence-electron chi connectivity index (χ1n) is 6.09. The first kappa shape index (κ1) is 13.7. The van der Waals surface area contributed by atoms with Gasteiger partial charge in [0.1, 0.15) is 5.69 Å². The van der Waals surface area contributed by atoms with Gasteiger partial charge < -0.3 is 5.11 Å². The summed E-state index contributed by atoms with van der Waals surface area (Å²) < 4.78 is 1.69. The number of thiophene rings is 1. The molecule has 0 radical (unpaired) electrons. The van der Waals surface area contributed by atoms with Crippen molar-refractivity contribution in [1.82, 2.24) is 15.0 Å². The highest BCUT2D eigenvalue weighted by Crippen LogP contribution is 2.28. The van der Waals surface area contributed by atoms with Gasteiger partial charge in [-0.2, -0.15) is 0 Å². The third kappa shape index (κ3) is 3.20. The second kappa shape index (κ2) is 5.13. The van der Waals surface area contributed by atoms with E-state index in [4.69, 9.17) is 0 Å². The highest BCUT2D eigenvalue weighted by Gasteiger charge is 2.22. The molecule has 1 N–H and O–H groups in total. The van der Waals surface area contributed by atoms with Gasteiger partial charge in [0.05, 0.1) is 4.88 Å². The summed E-state index contributed by atoms with van der Waals surface area (Å²) in [6, 6.07) is 3.79. The Hall–Kier alpha value is -1.69. The van der Waals surface area contributed by atoms with Gasteiger partial charge in [-0.1, -0.05) is 32.1 Å². The minimum atomic E-state index is -1.04. The summed E-state index contributed by atoms with van der Waals surface area (Å²) in [6.45, 7) is 7.10. The average Bonchev–Trinajstić information content (AvgIpc) is 2.93. The van der Waals surface area contributed by atoms with Crippen LogP contribution in [0.1, 0.15) is 37.7 Å². The molecule has 0 aromatic carbocycles. The lowest BCUT2D eigenvalue weighted by Gasteiger charge is -2.18. The van der Waals surface area contributed by atoms with Crippen molar-refractivity contribution in [3.8, 4) is 10.6 Å². The van der Waals surface area contributed by atoms with E-state index < -0.39 is 5.97 Å². The van der Waals surface area contributed by atoms with Crippen LogP contribution in [0.2, 0.25) is 0 Å². The molecule has 0 aliphatic rings. The van der Waals surface area contributed by atoms with Gasteiger partial charge >= 0.3 is 5.97 Å². The molecule has 0 atom stereocenters. The Morgan fingerprint density at radius 2 is 2.21 bits per heavy atom. The zero-order chi connectivity index (χ0) is 14.0. The Labute approximate surface area is 115 Å². The largest absolute Gasteiger partial charge is 0.476 e. The van der Waals surface area contributed by atoms with E-state index in [2.05, 4.69) is 31.1 Å². The van der Waals surface area contributed by atoms with E-state index in [1.54, 1.807) is 4.68 Å². The lowest BCUT2D eigenvalue weighted by molar-refractivity contribution is 0.0691. The molecule has 0 fully saturated rings. The van der Waals surface area contributed by atoms with Crippen LogP contribution in [0.3, 0.4) is 0 Å². The number of carboxylic acid groups (broad SMARTS) is 1. The molecule has 2 heterocycles. The first-order valence-corrected chi connectivity index (χ1v) is 6.97. The number of rotatable bonds is 4. The maximum Gasteiger partial charge on any atom is 0.358 e. The van der Waals surface area contributed by atoms with Gasteiger partial charge in [0.25, 0.3) is 0 Å². The number of carbonyl (C=O) groups is 1. The lowest BCUT2D eigenvalue weighted by atomic mass is 9.92. The molecule has 6 heteroatoms. The zero-order valence-electron chi connectivity index (χ0n) is 11.3. The Kier molecular flexibility index (Phi) is 3.71. The van der Waals surface area contributed by atoms with Crippen molar-refractivity contribution in [3.05, 3.63) is 23.2 Å². The molecule has 19 heavy (non-hydrogen) atoms. The van der Waals surface area contributed by atoms with Crippen molar-refractivity contribution in [2.45, 2.75) is 33.7 Å². The first-order chi connectivity index (χ1) is 8.88. The molecular formula is C13H17N3O2S. The zero-order valence-corrected chi connectivity index (χ0v) is 12.1. The van der Waals surface area contributed by atoms with Crippen molar-refractivity contribution >= 4 is 17.3 Å². The summed E-state index contributed by atoms with van der Waals surface area (Å²) in [5.74, 6) is -1.04. The van der Waals surface area contributed by atoms with E-state index in [1.807, 2.05) is 17.5 Å². The summed E-state index contributed by atoms with van der Waals surface area (Å²) in [6.07, 6.45) is 0.911. The van der Waals surface area contributed by atoms with Gasteiger partial charge in [-0.3, -0.25) is 0 Å². The molecule has 5 nitrogen and oxygen atoms in total. The topological polar surface area (TPSA) is 68.0 Å². The molecule has 0 aliphatic carbocycles. The molecule has 0 bridgehead atoms. The Morgan fingerprint density at radius 3 is 2.74 bits per heavy atom. The SMILES string of the molecule is CC(C)(C)CCn1nnc(C(=O)O)c1-c1cccs1. The highest BCUT2D eigenvalue weighted by atomic mass is 32.1. The van der Waals surface area contributed by atoms with E-state index in [9.17, 15) is 9.90 Å². The second-order valence-electron chi connectivity index (χ2n) is 5.60. The number of aryl methyl sites for hydroxylation is 1. The van der Waals surface area contributed by atoms with Crippen LogP contribution in [-0.4, -0.2) is 26.1 Å². The van der Waals surface area contributed by atoms with Gasteiger partial charge in [-0.25, -0.2) is 9.48 Å². The number of nitrogens with zero attached hydrogens (tertiary/aromatic N) is 3. The predicted molar refractivity (Wildman–Crippen MR) is 74.4 cm³/mol. The molecular weight excluding hydrogens is 262 g/mol. The number of hydrogen-bond donors (Lipinski definition) is 1. The molecule has 0 unspecified atom stereocenters. The Bertz CT molecular complexity index is 567. The fraction of sp³-hybridized carbons (Fsp3) is 0.462. The molecule has 2 aromatic heterocycles. The molecule has 0 amide bonds. The smallest absolute Gasteiger partial charge is 0.358 e. The quantitative estimate of drug-likeness (QED) is 0.933. The molecule has 102 valence electrons. The summed E-state index contributed by atoms with van der Waals surface area (Å²) in [7, 11) is 0. The van der Waals surface area contributed by atoms with Crippen LogP contribution in [0.5, 0.6) is 0 Å². The third-order valence-corrected chi connectivity index (χ3v) is 3.64. The van der Waals surface area contributed by atoms with E-state index >= 15 is 0 Å². The predicted octanol–water partition coefficient (Wildman–Crippen LogP) is 3.14. The normalized spacial score (nSPS) is 11.7. The van der Waals surface area contributed by atoms with Gasteiger partial charge in [0.15, 0.2) is 5.69 Å². The molecule has 2 aromatic rings. The van der Waals surface area contributed by atoms with Crippen LogP contribution in [-0.2, 0) is 6.54 Å². The number of hydrogen-bond acceptors (Lipinski definition) is 4. The van der Waals surface area contributed by atoms with Crippen LogP contribution in [0.15, 0.2) is 17.5 Å². The third-order valence-electron chi connectivity index (χ3n) is 2.77. The Balaban J connectivity index is 2.37. The van der Waals surface area contributed by atoms with Gasteiger partial charge in [0, 0.05) is 6.54 Å². The number of carboxylic acids is 1. The van der Waals surface area contributed by atoms with Crippen molar-refractivity contribution in [3.63, 3.8) is 0 Å².